The van der Waals surface area contributed by atoms with E-state index in [2.05, 4.69) is 159 Å². The molecule has 8 atom stereocenters. The molecule has 0 aromatic heterocycles. The van der Waals surface area contributed by atoms with E-state index in [1.807, 2.05) is 0 Å². The summed E-state index contributed by atoms with van der Waals surface area (Å²) in [5, 5.41) is 3.30. The normalized spacial score (nSPS) is 34.8. The number of allylic oxidation sites excluding steroid dienone is 13. The summed E-state index contributed by atoms with van der Waals surface area (Å²) in [4.78, 5) is 0. The fraction of sp³-hybridized carbons (Fsp3) is 0.333. The molecule has 2 aromatic carbocycles. The summed E-state index contributed by atoms with van der Waals surface area (Å²) in [7, 11) is -3.95. The van der Waals surface area contributed by atoms with Crippen molar-refractivity contribution >= 4 is 26.5 Å². The molecule has 5 aliphatic carbocycles. The van der Waals surface area contributed by atoms with Gasteiger partial charge in [-0.3, -0.25) is 0 Å². The van der Waals surface area contributed by atoms with Gasteiger partial charge in [0.05, 0.1) is 8.07 Å². The van der Waals surface area contributed by atoms with Crippen LogP contribution in [0, 0.1) is 35.5 Å². The second-order valence-electron chi connectivity index (χ2n) is 13.8. The van der Waals surface area contributed by atoms with Gasteiger partial charge in [0.25, 0.3) is 0 Å². The van der Waals surface area contributed by atoms with E-state index in [1.54, 1.807) is 10.4 Å². The van der Waals surface area contributed by atoms with Crippen LogP contribution in [-0.2, 0) is 0 Å². The SMILES string of the molecule is C=CC[Si](C)(C)C1CC([Si](c2ccccc2)(c2ccccc2)C2C3C=CC=CC3C3C=CC=CC32)C2C=CC=CC21. The Morgan fingerprint density at radius 2 is 1.00 bits per heavy atom. The topological polar surface area (TPSA) is 0 Å². The predicted octanol–water partition coefficient (Wildman–Crippen LogP) is 8.75. The van der Waals surface area contributed by atoms with Crippen LogP contribution in [0.1, 0.15) is 6.42 Å². The first-order chi connectivity index (χ1) is 20.1. The van der Waals surface area contributed by atoms with Gasteiger partial charge in [0.1, 0.15) is 8.07 Å². The van der Waals surface area contributed by atoms with Crippen molar-refractivity contribution < 1.29 is 0 Å². The lowest BCUT2D eigenvalue weighted by Crippen LogP contribution is -2.67. The second kappa shape index (κ2) is 10.7. The van der Waals surface area contributed by atoms with Gasteiger partial charge in [0.15, 0.2) is 0 Å². The highest BCUT2D eigenvalue weighted by atomic mass is 28.3. The average Bonchev–Trinajstić information content (AvgIpc) is 3.57. The third-order valence-electron chi connectivity index (χ3n) is 11.7. The number of benzene rings is 2. The van der Waals surface area contributed by atoms with Gasteiger partial charge in [0, 0.05) is 0 Å². The maximum Gasteiger partial charge on any atom is 0.125 e. The summed E-state index contributed by atoms with van der Waals surface area (Å²) in [6, 6.07) is 25.1. The van der Waals surface area contributed by atoms with Crippen molar-refractivity contribution in [1.82, 2.24) is 0 Å². The number of fused-ring (bicyclic) bond motifs is 4. The minimum Gasteiger partial charge on any atom is -0.103 e. The molecule has 2 heteroatoms. The zero-order chi connectivity index (χ0) is 28.0. The van der Waals surface area contributed by atoms with Gasteiger partial charge in [-0.05, 0) is 58.2 Å². The van der Waals surface area contributed by atoms with Gasteiger partial charge in [0.2, 0.25) is 0 Å². The van der Waals surface area contributed by atoms with Crippen LogP contribution in [0.25, 0.3) is 0 Å². The second-order valence-corrected chi connectivity index (χ2v) is 23.3. The summed E-state index contributed by atoms with van der Waals surface area (Å²) in [6.45, 7) is 9.51. The first-order valence-corrected chi connectivity index (χ1v) is 21.3. The van der Waals surface area contributed by atoms with Crippen LogP contribution < -0.4 is 10.4 Å². The molecule has 0 nitrogen and oxygen atoms in total. The van der Waals surface area contributed by atoms with Crippen LogP contribution in [0.2, 0.25) is 35.8 Å². The van der Waals surface area contributed by atoms with E-state index in [0.29, 0.717) is 46.6 Å². The molecule has 5 aliphatic rings. The lowest BCUT2D eigenvalue weighted by molar-refractivity contribution is 0.461. The van der Waals surface area contributed by atoms with E-state index in [-0.39, 0.29) is 0 Å². The highest BCUT2D eigenvalue weighted by Gasteiger charge is 2.65. The first kappa shape index (κ1) is 26.9. The van der Waals surface area contributed by atoms with Gasteiger partial charge in [-0.2, -0.15) is 0 Å². The Labute approximate surface area is 249 Å². The highest BCUT2D eigenvalue weighted by Crippen LogP contribution is 2.66. The van der Waals surface area contributed by atoms with Gasteiger partial charge in [-0.25, -0.2) is 0 Å². The van der Waals surface area contributed by atoms with Crippen molar-refractivity contribution in [3.05, 3.63) is 146 Å². The van der Waals surface area contributed by atoms with Crippen molar-refractivity contribution in [2.45, 2.75) is 42.2 Å². The Hall–Kier alpha value is -2.95. The summed E-state index contributed by atoms with van der Waals surface area (Å²) < 4.78 is 0. The highest BCUT2D eigenvalue weighted by molar-refractivity contribution is 7.04. The molecule has 0 heterocycles. The van der Waals surface area contributed by atoms with Gasteiger partial charge >= 0.3 is 0 Å². The summed E-state index contributed by atoms with van der Waals surface area (Å²) in [5.74, 6) is 3.52. The smallest absolute Gasteiger partial charge is 0.103 e. The molecule has 2 fully saturated rings. The lowest BCUT2D eigenvalue weighted by atomic mass is 9.83. The van der Waals surface area contributed by atoms with E-state index in [0.717, 1.165) is 5.54 Å². The summed E-state index contributed by atoms with van der Waals surface area (Å²) in [5.41, 5.74) is 2.04. The number of hydrogen-bond acceptors (Lipinski definition) is 0. The van der Waals surface area contributed by atoms with Crippen molar-refractivity contribution in [3.63, 3.8) is 0 Å². The standard InChI is InChI=1S/C39H44Si2/c1-4-27-40(2,3)37-28-38(34-24-14-13-23-33(34)37)41(29-17-7-5-8-18-29,30-19-9-6-10-20-30)39-35-25-15-11-21-31(35)32-22-12-16-26-36(32)39/h4-26,31-39H,1,27-28H2,2-3H3. The van der Waals surface area contributed by atoms with Crippen LogP contribution in [-0.4, -0.2) is 16.1 Å². The monoisotopic (exact) mass is 568 g/mol. The fourth-order valence-corrected chi connectivity index (χ4v) is 21.1. The van der Waals surface area contributed by atoms with Gasteiger partial charge in [-0.1, -0.05) is 170 Å². The molecule has 0 spiro atoms. The molecule has 0 amide bonds. The zero-order valence-electron chi connectivity index (χ0n) is 24.6. The summed E-state index contributed by atoms with van der Waals surface area (Å²) in [6.07, 6.45) is 33.2. The zero-order valence-corrected chi connectivity index (χ0v) is 26.6. The maximum atomic E-state index is 4.22. The summed E-state index contributed by atoms with van der Waals surface area (Å²) >= 11 is 0. The predicted molar refractivity (Wildman–Crippen MR) is 182 cm³/mol. The Bertz CT molecular complexity index is 1370. The quantitative estimate of drug-likeness (QED) is 0.231. The van der Waals surface area contributed by atoms with Crippen LogP contribution >= 0.6 is 0 Å². The van der Waals surface area contributed by atoms with E-state index in [4.69, 9.17) is 0 Å². The molecule has 41 heavy (non-hydrogen) atoms. The van der Waals surface area contributed by atoms with Crippen molar-refractivity contribution in [2.24, 2.45) is 35.5 Å². The van der Waals surface area contributed by atoms with E-state index >= 15 is 0 Å². The van der Waals surface area contributed by atoms with Crippen LogP contribution in [0.3, 0.4) is 0 Å². The van der Waals surface area contributed by atoms with Crippen LogP contribution in [0.15, 0.2) is 146 Å². The van der Waals surface area contributed by atoms with E-state index in [9.17, 15) is 0 Å². The third-order valence-corrected chi connectivity index (χ3v) is 21.8. The molecular formula is C39H44Si2. The first-order valence-electron chi connectivity index (χ1n) is 15.8. The van der Waals surface area contributed by atoms with E-state index < -0.39 is 16.1 Å². The maximum absolute atomic E-state index is 4.22. The molecule has 0 aliphatic heterocycles. The Kier molecular flexibility index (Phi) is 7.03. The molecule has 0 N–H and O–H groups in total. The molecule has 7 rings (SSSR count). The molecule has 0 radical (unpaired) electrons. The lowest BCUT2D eigenvalue weighted by Gasteiger charge is -2.49. The Balaban J connectivity index is 1.51. The molecule has 2 saturated carbocycles. The number of hydrogen-bond donors (Lipinski definition) is 0. The largest absolute Gasteiger partial charge is 0.125 e. The minimum atomic E-state index is -2.41. The third kappa shape index (κ3) is 4.21. The van der Waals surface area contributed by atoms with Gasteiger partial charge < -0.3 is 0 Å². The van der Waals surface area contributed by atoms with Crippen molar-refractivity contribution in [1.29, 1.82) is 0 Å². The molecule has 2 aromatic rings. The Morgan fingerprint density at radius 1 is 0.585 bits per heavy atom. The molecule has 0 bridgehead atoms. The fourth-order valence-electron chi connectivity index (χ4n) is 10.2. The van der Waals surface area contributed by atoms with Gasteiger partial charge in [-0.15, -0.1) is 6.58 Å². The van der Waals surface area contributed by atoms with Crippen molar-refractivity contribution in [2.75, 3.05) is 0 Å². The molecule has 208 valence electrons. The van der Waals surface area contributed by atoms with Crippen LogP contribution in [0.4, 0.5) is 0 Å². The molecule has 8 unspecified atom stereocenters. The van der Waals surface area contributed by atoms with Crippen molar-refractivity contribution in [3.8, 4) is 0 Å². The average molecular weight is 569 g/mol. The molecule has 0 saturated heterocycles. The minimum absolute atomic E-state index is 0.563. The van der Waals surface area contributed by atoms with Crippen LogP contribution in [0.5, 0.6) is 0 Å². The Morgan fingerprint density at radius 3 is 1.46 bits per heavy atom. The number of rotatable bonds is 7. The molecular weight excluding hydrogens is 525 g/mol. The van der Waals surface area contributed by atoms with E-state index in [1.165, 1.54) is 12.5 Å².